The van der Waals surface area contributed by atoms with E-state index in [0.717, 1.165) is 36.2 Å². The van der Waals surface area contributed by atoms with Crippen LogP contribution in [0.4, 0.5) is 0 Å². The number of nitrogens with zero attached hydrogens (tertiary/aromatic N) is 3. The van der Waals surface area contributed by atoms with Crippen molar-refractivity contribution in [3.63, 3.8) is 0 Å². The number of rotatable bonds is 3. The summed E-state index contributed by atoms with van der Waals surface area (Å²) >= 11 is 6.32. The Hall–Kier alpha value is -2.11. The van der Waals surface area contributed by atoms with E-state index < -0.39 is 5.97 Å². The van der Waals surface area contributed by atoms with Gasteiger partial charge in [-0.15, -0.1) is 0 Å². The molecule has 0 unspecified atom stereocenters. The van der Waals surface area contributed by atoms with Crippen molar-refractivity contribution in [3.8, 4) is 5.69 Å². The summed E-state index contributed by atoms with van der Waals surface area (Å²) in [5, 5.41) is 12.9. The van der Waals surface area contributed by atoms with E-state index in [9.17, 15) is 0 Å². The second kappa shape index (κ2) is 12.7. The van der Waals surface area contributed by atoms with E-state index in [4.69, 9.17) is 21.5 Å². The van der Waals surface area contributed by atoms with Gasteiger partial charge in [0, 0.05) is 24.1 Å². The van der Waals surface area contributed by atoms with Gasteiger partial charge in [0.25, 0.3) is 5.97 Å². The third-order valence-corrected chi connectivity index (χ3v) is 5.93. The highest BCUT2D eigenvalue weighted by Gasteiger charge is 2.20. The molecule has 0 radical (unpaired) electrons. The van der Waals surface area contributed by atoms with Crippen molar-refractivity contribution in [1.82, 2.24) is 14.7 Å². The summed E-state index contributed by atoms with van der Waals surface area (Å²) in [6.07, 6.45) is 12.0. The van der Waals surface area contributed by atoms with Gasteiger partial charge < -0.3 is 5.11 Å². The first-order valence-corrected chi connectivity index (χ1v) is 11.8. The predicted octanol–water partition coefficient (Wildman–Crippen LogP) is 6.16. The first kappa shape index (κ1) is 25.2. The lowest BCUT2D eigenvalue weighted by Crippen LogP contribution is -2.29. The molecule has 0 saturated carbocycles. The number of aryl methyl sites for hydroxylation is 1. The molecule has 6 heteroatoms. The van der Waals surface area contributed by atoms with Crippen LogP contribution in [0.3, 0.4) is 0 Å². The van der Waals surface area contributed by atoms with Crippen LogP contribution in [0.15, 0.2) is 30.5 Å². The highest BCUT2D eigenvalue weighted by atomic mass is 35.5. The molecule has 0 bridgehead atoms. The number of hydrogen-bond acceptors (Lipinski definition) is 3. The molecular weight excluding hydrogens is 410 g/mol. The van der Waals surface area contributed by atoms with Crippen LogP contribution in [0.1, 0.15) is 69.7 Å². The minimum Gasteiger partial charge on any atom is -0.481 e. The van der Waals surface area contributed by atoms with Crippen molar-refractivity contribution >= 4 is 23.1 Å². The summed E-state index contributed by atoms with van der Waals surface area (Å²) in [6, 6.07) is 6.21. The molecule has 2 aromatic rings. The minimum atomic E-state index is -0.833. The quantitative estimate of drug-likeness (QED) is 0.614. The lowest BCUT2D eigenvalue weighted by Gasteiger charge is -2.26. The first-order valence-electron chi connectivity index (χ1n) is 11.4. The molecule has 1 aromatic heterocycles. The molecule has 2 aliphatic rings. The highest BCUT2D eigenvalue weighted by molar-refractivity contribution is 6.31. The number of aromatic nitrogens is 2. The van der Waals surface area contributed by atoms with E-state index in [1.54, 1.807) is 0 Å². The summed E-state index contributed by atoms with van der Waals surface area (Å²) in [4.78, 5) is 11.6. The Morgan fingerprint density at radius 2 is 1.84 bits per heavy atom. The Labute approximate surface area is 191 Å². The van der Waals surface area contributed by atoms with Gasteiger partial charge in [0.2, 0.25) is 0 Å². The van der Waals surface area contributed by atoms with E-state index in [0.29, 0.717) is 0 Å². The molecule has 1 aromatic carbocycles. The second-order valence-electron chi connectivity index (χ2n) is 7.81. The highest BCUT2D eigenvalue weighted by Crippen LogP contribution is 2.32. The van der Waals surface area contributed by atoms with E-state index in [-0.39, 0.29) is 0 Å². The van der Waals surface area contributed by atoms with Crippen molar-refractivity contribution in [2.75, 3.05) is 19.6 Å². The Kier molecular flexibility index (Phi) is 10.3. The molecule has 2 heterocycles. The van der Waals surface area contributed by atoms with Crippen molar-refractivity contribution in [3.05, 3.63) is 52.3 Å². The number of likely N-dealkylation sites (tertiary alicyclic amines) is 1. The van der Waals surface area contributed by atoms with Crippen LogP contribution in [-0.2, 0) is 11.2 Å². The topological polar surface area (TPSA) is 58.4 Å². The number of allylic oxidation sites excluding steroid dienone is 1. The van der Waals surface area contributed by atoms with Gasteiger partial charge in [0.05, 0.1) is 17.6 Å². The minimum absolute atomic E-state index is 0.804. The second-order valence-corrected chi connectivity index (χ2v) is 8.22. The van der Waals surface area contributed by atoms with Crippen LogP contribution in [-0.4, -0.2) is 45.4 Å². The fourth-order valence-electron chi connectivity index (χ4n) is 3.99. The molecule has 1 saturated heterocycles. The molecule has 0 spiro atoms. The molecule has 0 amide bonds. The van der Waals surface area contributed by atoms with Crippen LogP contribution in [0, 0.1) is 6.92 Å². The zero-order chi connectivity index (χ0) is 22.8. The van der Waals surface area contributed by atoms with Gasteiger partial charge in [-0.3, -0.25) is 9.69 Å². The van der Waals surface area contributed by atoms with Gasteiger partial charge >= 0.3 is 0 Å². The van der Waals surface area contributed by atoms with Crippen molar-refractivity contribution < 1.29 is 9.90 Å². The van der Waals surface area contributed by atoms with Crippen LogP contribution in [0.5, 0.6) is 0 Å². The number of benzene rings is 1. The van der Waals surface area contributed by atoms with Gasteiger partial charge in [-0.1, -0.05) is 44.0 Å². The number of piperidine rings is 1. The van der Waals surface area contributed by atoms with E-state index in [1.165, 1.54) is 62.0 Å². The van der Waals surface area contributed by atoms with E-state index >= 15 is 0 Å². The smallest absolute Gasteiger partial charge is 0.300 e. The molecule has 0 atom stereocenters. The van der Waals surface area contributed by atoms with Crippen molar-refractivity contribution in [2.45, 2.75) is 66.2 Å². The number of carbonyl (C=O) groups is 1. The average molecular weight is 446 g/mol. The van der Waals surface area contributed by atoms with Gasteiger partial charge in [0.15, 0.2) is 0 Å². The Morgan fingerprint density at radius 3 is 2.48 bits per heavy atom. The third kappa shape index (κ3) is 7.22. The molecule has 1 aliphatic carbocycles. The summed E-state index contributed by atoms with van der Waals surface area (Å²) in [5.74, 6) is -0.833. The largest absolute Gasteiger partial charge is 0.481 e. The van der Waals surface area contributed by atoms with Gasteiger partial charge in [0.1, 0.15) is 0 Å². The molecule has 5 nitrogen and oxygen atoms in total. The van der Waals surface area contributed by atoms with Gasteiger partial charge in [-0.25, -0.2) is 4.68 Å². The Bertz CT molecular complexity index is 879. The lowest BCUT2D eigenvalue weighted by atomic mass is 9.92. The maximum absolute atomic E-state index is 9.00. The fraction of sp³-hybridized carbons (Fsp3) is 0.520. The van der Waals surface area contributed by atoms with Crippen molar-refractivity contribution in [2.24, 2.45) is 0 Å². The number of fused-ring (bicyclic) bond motifs is 1. The molecule has 1 N–H and O–H groups in total. The first-order chi connectivity index (χ1) is 15.0. The summed E-state index contributed by atoms with van der Waals surface area (Å²) in [7, 11) is 0. The fourth-order valence-corrected chi connectivity index (χ4v) is 4.17. The Morgan fingerprint density at radius 1 is 1.16 bits per heavy atom. The normalized spacial score (nSPS) is 17.1. The molecule has 1 aliphatic heterocycles. The third-order valence-electron chi connectivity index (χ3n) is 5.52. The zero-order valence-electron chi connectivity index (χ0n) is 19.3. The van der Waals surface area contributed by atoms with Crippen LogP contribution in [0.25, 0.3) is 11.3 Å². The maximum atomic E-state index is 9.00. The maximum Gasteiger partial charge on any atom is 0.300 e. The monoisotopic (exact) mass is 445 g/mol. The summed E-state index contributed by atoms with van der Waals surface area (Å²) in [5.41, 5.74) is 6.30. The number of carboxylic acid groups (broad SMARTS) is 1. The van der Waals surface area contributed by atoms with Crippen molar-refractivity contribution in [1.29, 1.82) is 0 Å². The average Bonchev–Trinajstić information content (AvgIpc) is 3.21. The van der Waals surface area contributed by atoms with Gasteiger partial charge in [-0.05, 0) is 75.4 Å². The summed E-state index contributed by atoms with van der Waals surface area (Å²) < 4.78 is 2.08. The standard InChI is InChI=1S/C21H26ClN3.C2H4O2.C2H6/c1-16-8-9-18(14-20(16)22)25-21-7-5-6-17(19(21)15-23-25)10-13-24-11-3-2-4-12-24;1-2(3)4;1-2/h8-10,14-15H,2-7,11-13H2,1H3;1H3,(H,3,4);1-2H3/b17-10+;;. The zero-order valence-corrected chi connectivity index (χ0v) is 20.1. The molecule has 4 rings (SSSR count). The van der Waals surface area contributed by atoms with Gasteiger partial charge in [-0.2, -0.15) is 5.10 Å². The lowest BCUT2D eigenvalue weighted by molar-refractivity contribution is -0.134. The molecular formula is C25H36ClN3O2. The molecule has 170 valence electrons. The molecule has 1 fully saturated rings. The molecule has 31 heavy (non-hydrogen) atoms. The van der Waals surface area contributed by atoms with Crippen LogP contribution in [0.2, 0.25) is 5.02 Å². The van der Waals surface area contributed by atoms with E-state index in [2.05, 4.69) is 32.9 Å². The number of hydrogen-bond donors (Lipinski definition) is 1. The summed E-state index contributed by atoms with van der Waals surface area (Å²) in [6.45, 7) is 10.7. The van der Waals surface area contributed by atoms with E-state index in [1.807, 2.05) is 33.0 Å². The SMILES string of the molecule is CC.CC(=O)O.Cc1ccc(-n2ncc3c2CCC/C3=C\CN2CCCCC2)cc1Cl. The predicted molar refractivity (Wildman–Crippen MR) is 129 cm³/mol. The van der Waals surface area contributed by atoms with Crippen LogP contribution < -0.4 is 0 Å². The number of carboxylic acids is 1. The Balaban J connectivity index is 0.000000513. The van der Waals surface area contributed by atoms with Crippen LogP contribution >= 0.6 is 11.6 Å². The number of halogens is 1. The number of aliphatic carboxylic acids is 1.